The van der Waals surface area contributed by atoms with Gasteiger partial charge in [0.1, 0.15) is 5.75 Å². The zero-order chi connectivity index (χ0) is 14.1. The van der Waals surface area contributed by atoms with E-state index in [0.717, 1.165) is 11.0 Å². The molecule has 100 valence electrons. The van der Waals surface area contributed by atoms with Crippen molar-refractivity contribution in [2.24, 2.45) is 7.05 Å². The molecule has 4 nitrogen and oxygen atoms in total. The molecular formula is C16H14N2O2. The van der Waals surface area contributed by atoms with Crippen molar-refractivity contribution in [3.8, 4) is 11.8 Å². The van der Waals surface area contributed by atoms with Gasteiger partial charge in [-0.15, -0.1) is 0 Å². The van der Waals surface area contributed by atoms with Crippen molar-refractivity contribution in [1.82, 2.24) is 9.55 Å². The molecule has 3 aromatic rings. The molecular weight excluding hydrogens is 252 g/mol. The first kappa shape index (κ1) is 12.4. The molecule has 4 heteroatoms. The number of hydrogen-bond acceptors (Lipinski definition) is 3. The van der Waals surface area contributed by atoms with Gasteiger partial charge in [0, 0.05) is 12.6 Å². The number of imidazole rings is 1. The Bertz CT molecular complexity index is 773. The quantitative estimate of drug-likeness (QED) is 0.681. The molecule has 0 N–H and O–H groups in total. The van der Waals surface area contributed by atoms with Gasteiger partial charge in [-0.3, -0.25) is 9.36 Å². The predicted octanol–water partition coefficient (Wildman–Crippen LogP) is 3.57. The number of ether oxygens (including phenoxy) is 1. The van der Waals surface area contributed by atoms with Crippen LogP contribution in [0.3, 0.4) is 0 Å². The summed E-state index contributed by atoms with van der Waals surface area (Å²) in [5, 5.41) is 0. The Balaban J connectivity index is 1.92. The highest BCUT2D eigenvalue weighted by Gasteiger charge is 2.09. The van der Waals surface area contributed by atoms with Crippen LogP contribution in [0.15, 0.2) is 48.5 Å². The summed E-state index contributed by atoms with van der Waals surface area (Å²) in [7, 11) is 1.91. The van der Waals surface area contributed by atoms with E-state index in [1.54, 1.807) is 31.2 Å². The van der Waals surface area contributed by atoms with Crippen LogP contribution >= 0.6 is 0 Å². The van der Waals surface area contributed by atoms with Crippen LogP contribution in [-0.2, 0) is 7.05 Å². The Morgan fingerprint density at radius 3 is 2.45 bits per heavy atom. The first-order valence-electron chi connectivity index (χ1n) is 6.35. The van der Waals surface area contributed by atoms with Gasteiger partial charge in [0.05, 0.1) is 11.0 Å². The smallest absolute Gasteiger partial charge is 0.302 e. The van der Waals surface area contributed by atoms with Crippen molar-refractivity contribution in [3.63, 3.8) is 0 Å². The number of fused-ring (bicyclic) bond motifs is 1. The molecule has 1 heterocycles. The average Bonchev–Trinajstić information content (AvgIpc) is 2.77. The van der Waals surface area contributed by atoms with E-state index in [1.165, 1.54) is 0 Å². The molecule has 0 amide bonds. The van der Waals surface area contributed by atoms with E-state index >= 15 is 0 Å². The monoisotopic (exact) mass is 266 g/mol. The van der Waals surface area contributed by atoms with Gasteiger partial charge < -0.3 is 4.74 Å². The van der Waals surface area contributed by atoms with E-state index < -0.39 is 0 Å². The molecule has 2 aromatic carbocycles. The first-order valence-corrected chi connectivity index (χ1v) is 6.35. The zero-order valence-corrected chi connectivity index (χ0v) is 11.3. The lowest BCUT2D eigenvalue weighted by molar-refractivity contribution is 0.101. The maximum Gasteiger partial charge on any atom is 0.302 e. The molecule has 0 bridgehead atoms. The Morgan fingerprint density at radius 2 is 1.80 bits per heavy atom. The summed E-state index contributed by atoms with van der Waals surface area (Å²) in [6.45, 7) is 1.54. The maximum absolute atomic E-state index is 11.2. The number of carbonyl (C=O) groups excluding carboxylic acids is 1. The number of aromatic nitrogens is 2. The van der Waals surface area contributed by atoms with E-state index in [9.17, 15) is 4.79 Å². The maximum atomic E-state index is 11.2. The van der Waals surface area contributed by atoms with Crippen molar-refractivity contribution in [2.75, 3.05) is 0 Å². The minimum absolute atomic E-state index is 0.0410. The number of carbonyl (C=O) groups is 1. The molecule has 0 radical (unpaired) electrons. The van der Waals surface area contributed by atoms with Crippen molar-refractivity contribution in [2.45, 2.75) is 6.92 Å². The SMILES string of the molecule is CC(=O)c1ccc(Oc2nc3ccccc3n2C)cc1. The Hall–Kier alpha value is -2.62. The summed E-state index contributed by atoms with van der Waals surface area (Å²) < 4.78 is 7.67. The molecule has 20 heavy (non-hydrogen) atoms. The van der Waals surface area contributed by atoms with E-state index in [2.05, 4.69) is 4.98 Å². The number of para-hydroxylation sites is 2. The second-order valence-corrected chi connectivity index (χ2v) is 4.62. The number of hydrogen-bond donors (Lipinski definition) is 0. The van der Waals surface area contributed by atoms with Crippen LogP contribution in [0.2, 0.25) is 0 Å². The first-order chi connectivity index (χ1) is 9.65. The number of Topliss-reactive ketones (excluding diaryl/α,β-unsaturated/α-hetero) is 1. The summed E-state index contributed by atoms with van der Waals surface area (Å²) in [5.74, 6) is 0.702. The van der Waals surface area contributed by atoms with Crippen LogP contribution in [0, 0.1) is 0 Å². The van der Waals surface area contributed by atoms with Crippen molar-refractivity contribution >= 4 is 16.8 Å². The zero-order valence-electron chi connectivity index (χ0n) is 11.3. The topological polar surface area (TPSA) is 44.1 Å². The van der Waals surface area contributed by atoms with Crippen molar-refractivity contribution < 1.29 is 9.53 Å². The third-order valence-corrected chi connectivity index (χ3v) is 3.22. The second-order valence-electron chi connectivity index (χ2n) is 4.62. The van der Waals surface area contributed by atoms with E-state index in [4.69, 9.17) is 4.74 Å². The second kappa shape index (κ2) is 4.81. The predicted molar refractivity (Wildman–Crippen MR) is 77.2 cm³/mol. The average molecular weight is 266 g/mol. The largest absolute Gasteiger partial charge is 0.426 e. The highest BCUT2D eigenvalue weighted by atomic mass is 16.5. The van der Waals surface area contributed by atoms with Crippen LogP contribution in [0.5, 0.6) is 11.8 Å². The van der Waals surface area contributed by atoms with Gasteiger partial charge in [-0.1, -0.05) is 12.1 Å². The van der Waals surface area contributed by atoms with E-state index in [-0.39, 0.29) is 5.78 Å². The number of ketones is 1. The summed E-state index contributed by atoms with van der Waals surface area (Å²) in [6.07, 6.45) is 0. The molecule has 0 saturated heterocycles. The minimum atomic E-state index is 0.0410. The fourth-order valence-corrected chi connectivity index (χ4v) is 2.08. The summed E-state index contributed by atoms with van der Waals surface area (Å²) >= 11 is 0. The van der Waals surface area contributed by atoms with Crippen LogP contribution in [0.4, 0.5) is 0 Å². The molecule has 0 saturated carbocycles. The summed E-state index contributed by atoms with van der Waals surface area (Å²) in [6, 6.07) is 15.4. The van der Waals surface area contributed by atoms with Gasteiger partial charge in [0.2, 0.25) is 0 Å². The van der Waals surface area contributed by atoms with Crippen molar-refractivity contribution in [1.29, 1.82) is 0 Å². The third kappa shape index (κ3) is 2.16. The summed E-state index contributed by atoms with van der Waals surface area (Å²) in [5.41, 5.74) is 2.58. The molecule has 1 aromatic heterocycles. The van der Waals surface area contributed by atoms with Crippen molar-refractivity contribution in [3.05, 3.63) is 54.1 Å². The Morgan fingerprint density at radius 1 is 1.10 bits per heavy atom. The van der Waals surface area contributed by atoms with Gasteiger partial charge in [-0.25, -0.2) is 0 Å². The number of aryl methyl sites for hydroxylation is 1. The Labute approximate surface area is 116 Å². The molecule has 0 spiro atoms. The minimum Gasteiger partial charge on any atom is -0.426 e. The van der Waals surface area contributed by atoms with E-state index in [0.29, 0.717) is 17.3 Å². The fourth-order valence-electron chi connectivity index (χ4n) is 2.08. The van der Waals surface area contributed by atoms with Crippen LogP contribution in [0.25, 0.3) is 11.0 Å². The summed E-state index contributed by atoms with van der Waals surface area (Å²) in [4.78, 5) is 15.7. The van der Waals surface area contributed by atoms with Gasteiger partial charge in [0.25, 0.3) is 0 Å². The molecule has 0 aliphatic rings. The van der Waals surface area contributed by atoms with Crippen LogP contribution < -0.4 is 4.74 Å². The molecule has 3 rings (SSSR count). The molecule has 0 atom stereocenters. The molecule has 0 aliphatic carbocycles. The highest BCUT2D eigenvalue weighted by molar-refractivity contribution is 5.94. The van der Waals surface area contributed by atoms with Gasteiger partial charge in [-0.05, 0) is 43.3 Å². The van der Waals surface area contributed by atoms with Gasteiger partial charge >= 0.3 is 6.01 Å². The van der Waals surface area contributed by atoms with Gasteiger partial charge in [0.15, 0.2) is 5.78 Å². The fraction of sp³-hybridized carbons (Fsp3) is 0.125. The van der Waals surface area contributed by atoms with Gasteiger partial charge in [-0.2, -0.15) is 4.98 Å². The number of nitrogens with zero attached hydrogens (tertiary/aromatic N) is 2. The normalized spacial score (nSPS) is 10.7. The number of benzene rings is 2. The third-order valence-electron chi connectivity index (χ3n) is 3.22. The highest BCUT2D eigenvalue weighted by Crippen LogP contribution is 2.24. The lowest BCUT2D eigenvalue weighted by atomic mass is 10.1. The Kier molecular flexibility index (Phi) is 2.99. The number of rotatable bonds is 3. The van der Waals surface area contributed by atoms with Crippen LogP contribution in [-0.4, -0.2) is 15.3 Å². The standard InChI is InChI=1S/C16H14N2O2/c1-11(19)12-7-9-13(10-8-12)20-16-17-14-5-3-4-6-15(14)18(16)2/h3-10H,1-2H3. The lowest BCUT2D eigenvalue weighted by Crippen LogP contribution is -1.95. The molecule has 0 aliphatic heterocycles. The van der Waals surface area contributed by atoms with Crippen LogP contribution in [0.1, 0.15) is 17.3 Å². The van der Waals surface area contributed by atoms with E-state index in [1.807, 2.05) is 35.9 Å². The molecule has 0 fully saturated rings. The molecule has 0 unspecified atom stereocenters. The lowest BCUT2D eigenvalue weighted by Gasteiger charge is -2.05.